The van der Waals surface area contributed by atoms with Gasteiger partial charge in [-0.25, -0.2) is 0 Å². The van der Waals surface area contributed by atoms with Crippen molar-refractivity contribution >= 4 is 33.5 Å². The van der Waals surface area contributed by atoms with E-state index in [2.05, 4.69) is 20.7 Å². The Morgan fingerprint density at radius 2 is 2.06 bits per heavy atom. The van der Waals surface area contributed by atoms with Gasteiger partial charge in [0.15, 0.2) is 0 Å². The molecule has 7 heteroatoms. The molecule has 0 N–H and O–H groups in total. The van der Waals surface area contributed by atoms with Gasteiger partial charge in [0.05, 0.1) is 4.83 Å². The first kappa shape index (κ1) is 15.4. The third-order valence-electron chi connectivity index (χ3n) is 2.06. The zero-order chi connectivity index (χ0) is 13.9. The van der Waals surface area contributed by atoms with E-state index in [-0.39, 0.29) is 11.5 Å². The smallest absolute Gasteiger partial charge is 0.406 e. The third-order valence-corrected chi connectivity index (χ3v) is 4.01. The summed E-state index contributed by atoms with van der Waals surface area (Å²) < 4.78 is 40.2. The summed E-state index contributed by atoms with van der Waals surface area (Å²) in [7, 11) is 0. The number of rotatable bonds is 4. The molecule has 0 aliphatic carbocycles. The van der Waals surface area contributed by atoms with Crippen LogP contribution in [-0.4, -0.2) is 18.4 Å². The van der Waals surface area contributed by atoms with Gasteiger partial charge in [0.25, 0.3) is 0 Å². The molecule has 0 bridgehead atoms. The maximum Gasteiger partial charge on any atom is 0.573 e. The molecule has 0 saturated carbocycles. The van der Waals surface area contributed by atoms with E-state index in [0.717, 1.165) is 4.90 Å². The Labute approximate surface area is 115 Å². The summed E-state index contributed by atoms with van der Waals surface area (Å²) in [6, 6.07) is 3.95. The lowest BCUT2D eigenvalue weighted by Gasteiger charge is -2.14. The van der Waals surface area contributed by atoms with E-state index < -0.39 is 11.2 Å². The van der Waals surface area contributed by atoms with Crippen LogP contribution in [0, 0.1) is 0 Å². The minimum Gasteiger partial charge on any atom is -0.406 e. The molecule has 0 aliphatic rings. The standard InChI is InChI=1S/C11H10BrF3O2S/c1-6(16)10(12)8-5-7(17-11(13,14)15)3-4-9(8)18-2/h3-5,10H,1-2H3. The molecule has 0 heterocycles. The highest BCUT2D eigenvalue weighted by Crippen LogP contribution is 2.35. The summed E-state index contributed by atoms with van der Waals surface area (Å²) in [4.78, 5) is 11.4. The molecule has 0 aliphatic heterocycles. The van der Waals surface area contributed by atoms with Crippen molar-refractivity contribution in [2.24, 2.45) is 0 Å². The Hall–Kier alpha value is -0.690. The lowest BCUT2D eigenvalue weighted by atomic mass is 10.1. The highest BCUT2D eigenvalue weighted by molar-refractivity contribution is 9.09. The third kappa shape index (κ3) is 4.20. The molecule has 100 valence electrons. The number of carbonyl (C=O) groups excluding carboxylic acids is 1. The normalized spacial score (nSPS) is 13.2. The van der Waals surface area contributed by atoms with Gasteiger partial charge < -0.3 is 4.74 Å². The molecule has 1 rings (SSSR count). The molecule has 1 unspecified atom stereocenters. The van der Waals surface area contributed by atoms with E-state index in [4.69, 9.17) is 0 Å². The van der Waals surface area contributed by atoms with Gasteiger partial charge in [-0.2, -0.15) is 0 Å². The molecule has 0 saturated heterocycles. The minimum absolute atomic E-state index is 0.186. The van der Waals surface area contributed by atoms with Crippen molar-refractivity contribution in [3.63, 3.8) is 0 Å². The van der Waals surface area contributed by atoms with Crippen molar-refractivity contribution in [2.75, 3.05) is 6.26 Å². The number of Topliss-reactive ketones (excluding diaryl/α,β-unsaturated/α-hetero) is 1. The van der Waals surface area contributed by atoms with Crippen LogP contribution in [0.3, 0.4) is 0 Å². The van der Waals surface area contributed by atoms with Gasteiger partial charge in [0.2, 0.25) is 0 Å². The second-order valence-corrected chi connectivity index (χ2v) is 5.19. The first-order chi connectivity index (χ1) is 8.24. The van der Waals surface area contributed by atoms with Crippen LogP contribution in [0.5, 0.6) is 5.75 Å². The highest BCUT2D eigenvalue weighted by Gasteiger charge is 2.31. The molecule has 0 fully saturated rings. The van der Waals surface area contributed by atoms with E-state index in [1.165, 1.54) is 36.9 Å². The maximum atomic E-state index is 12.1. The molecule has 0 amide bonds. The number of carbonyl (C=O) groups is 1. The predicted molar refractivity (Wildman–Crippen MR) is 67.3 cm³/mol. The van der Waals surface area contributed by atoms with Crippen molar-refractivity contribution in [1.82, 2.24) is 0 Å². The zero-order valence-electron chi connectivity index (χ0n) is 9.55. The van der Waals surface area contributed by atoms with E-state index >= 15 is 0 Å². The molecular formula is C11H10BrF3O2S. The molecule has 1 aromatic carbocycles. The molecule has 1 aromatic rings. The number of thioether (sulfide) groups is 1. The Morgan fingerprint density at radius 3 is 2.50 bits per heavy atom. The van der Waals surface area contributed by atoms with Gasteiger partial charge in [-0.1, -0.05) is 15.9 Å². The molecule has 0 aromatic heterocycles. The van der Waals surface area contributed by atoms with E-state index in [0.29, 0.717) is 5.56 Å². The molecular weight excluding hydrogens is 333 g/mol. The van der Waals surface area contributed by atoms with Crippen LogP contribution in [-0.2, 0) is 4.79 Å². The summed E-state index contributed by atoms with van der Waals surface area (Å²) in [6.07, 6.45) is -2.96. The average molecular weight is 343 g/mol. The van der Waals surface area contributed by atoms with Crippen LogP contribution >= 0.6 is 27.7 Å². The van der Waals surface area contributed by atoms with Gasteiger partial charge in [-0.15, -0.1) is 24.9 Å². The fourth-order valence-electron chi connectivity index (χ4n) is 1.33. The van der Waals surface area contributed by atoms with Crippen molar-refractivity contribution in [2.45, 2.75) is 23.0 Å². The summed E-state index contributed by atoms with van der Waals surface area (Å²) in [5.74, 6) is -0.518. The number of hydrogen-bond acceptors (Lipinski definition) is 3. The highest BCUT2D eigenvalue weighted by atomic mass is 79.9. The van der Waals surface area contributed by atoms with Gasteiger partial charge in [-0.05, 0) is 36.9 Å². The summed E-state index contributed by atoms with van der Waals surface area (Å²) >= 11 is 4.50. The number of ether oxygens (including phenoxy) is 1. The molecule has 0 spiro atoms. The zero-order valence-corrected chi connectivity index (χ0v) is 11.9. The van der Waals surface area contributed by atoms with Crippen LogP contribution in [0.4, 0.5) is 13.2 Å². The molecule has 0 radical (unpaired) electrons. The predicted octanol–water partition coefficient (Wildman–Crippen LogP) is 4.33. The van der Waals surface area contributed by atoms with Crippen molar-refractivity contribution in [3.05, 3.63) is 23.8 Å². The number of alkyl halides is 4. The summed E-state index contributed by atoms with van der Waals surface area (Å²) in [6.45, 7) is 1.36. The van der Waals surface area contributed by atoms with Gasteiger partial charge >= 0.3 is 6.36 Å². The second-order valence-electron chi connectivity index (χ2n) is 3.42. The van der Waals surface area contributed by atoms with E-state index in [9.17, 15) is 18.0 Å². The SMILES string of the molecule is CSc1ccc(OC(F)(F)F)cc1C(Br)C(C)=O. The molecule has 1 atom stereocenters. The van der Waals surface area contributed by atoms with Crippen molar-refractivity contribution in [3.8, 4) is 5.75 Å². The number of benzene rings is 1. The monoisotopic (exact) mass is 342 g/mol. The summed E-state index contributed by atoms with van der Waals surface area (Å²) in [5, 5.41) is 0. The minimum atomic E-state index is -4.74. The van der Waals surface area contributed by atoms with Crippen LogP contribution in [0.1, 0.15) is 17.3 Å². The first-order valence-electron chi connectivity index (χ1n) is 4.83. The van der Waals surface area contributed by atoms with Gasteiger partial charge in [0.1, 0.15) is 11.5 Å². The van der Waals surface area contributed by atoms with Crippen LogP contribution < -0.4 is 4.74 Å². The number of ketones is 1. The van der Waals surface area contributed by atoms with E-state index in [1.54, 1.807) is 6.26 Å². The van der Waals surface area contributed by atoms with Gasteiger partial charge in [-0.3, -0.25) is 4.79 Å². The Balaban J connectivity index is 3.13. The van der Waals surface area contributed by atoms with Crippen LogP contribution in [0.15, 0.2) is 23.1 Å². The maximum absolute atomic E-state index is 12.1. The molecule has 2 nitrogen and oxygen atoms in total. The lowest BCUT2D eigenvalue weighted by Crippen LogP contribution is -2.17. The number of hydrogen-bond donors (Lipinski definition) is 0. The summed E-state index contributed by atoms with van der Waals surface area (Å²) in [5.41, 5.74) is 0.469. The molecule has 18 heavy (non-hydrogen) atoms. The van der Waals surface area contributed by atoms with Crippen LogP contribution in [0.25, 0.3) is 0 Å². The van der Waals surface area contributed by atoms with Crippen LogP contribution in [0.2, 0.25) is 0 Å². The fourth-order valence-corrected chi connectivity index (χ4v) is 2.47. The Morgan fingerprint density at radius 1 is 1.44 bits per heavy atom. The quantitative estimate of drug-likeness (QED) is 0.601. The van der Waals surface area contributed by atoms with Crippen molar-refractivity contribution in [1.29, 1.82) is 0 Å². The average Bonchev–Trinajstić information content (AvgIpc) is 2.25. The number of halogens is 4. The lowest BCUT2D eigenvalue weighted by molar-refractivity contribution is -0.274. The van der Waals surface area contributed by atoms with Crippen molar-refractivity contribution < 1.29 is 22.7 Å². The Kier molecular flexibility index (Phi) is 5.10. The largest absolute Gasteiger partial charge is 0.573 e. The van der Waals surface area contributed by atoms with Gasteiger partial charge in [0, 0.05) is 4.90 Å². The topological polar surface area (TPSA) is 26.3 Å². The first-order valence-corrected chi connectivity index (χ1v) is 6.97. The Bertz CT molecular complexity index is 448. The fraction of sp³-hybridized carbons (Fsp3) is 0.364. The second kappa shape index (κ2) is 5.97. The van der Waals surface area contributed by atoms with E-state index in [1.807, 2.05) is 0 Å².